The smallest absolute Gasteiger partial charge is 0.238 e. The molecule has 0 bridgehead atoms. The molecular formula is C14H20FN3O2. The van der Waals surface area contributed by atoms with Gasteiger partial charge in [0.05, 0.1) is 18.3 Å². The zero-order valence-corrected chi connectivity index (χ0v) is 11.5. The van der Waals surface area contributed by atoms with Crippen molar-refractivity contribution in [3.05, 3.63) is 24.0 Å². The van der Waals surface area contributed by atoms with Crippen LogP contribution in [-0.2, 0) is 4.79 Å². The first-order valence-corrected chi connectivity index (χ1v) is 6.71. The van der Waals surface area contributed by atoms with Gasteiger partial charge in [0.15, 0.2) is 0 Å². The van der Waals surface area contributed by atoms with Crippen molar-refractivity contribution in [3.8, 4) is 0 Å². The normalized spacial score (nSPS) is 23.6. The predicted octanol–water partition coefficient (Wildman–Crippen LogP) is 1.05. The Morgan fingerprint density at radius 1 is 1.60 bits per heavy atom. The highest BCUT2D eigenvalue weighted by Gasteiger charge is 2.25. The number of piperidine rings is 1. The fourth-order valence-corrected chi connectivity index (χ4v) is 2.39. The second kappa shape index (κ2) is 6.19. The number of carbonyl (C=O) groups is 1. The number of aliphatic hydroxyl groups is 1. The van der Waals surface area contributed by atoms with Crippen molar-refractivity contribution >= 4 is 17.3 Å². The van der Waals surface area contributed by atoms with Crippen LogP contribution in [0.3, 0.4) is 0 Å². The number of carbonyl (C=O) groups excluding carboxylic acids is 1. The number of likely N-dealkylation sites (tertiary alicyclic amines) is 1. The van der Waals surface area contributed by atoms with E-state index >= 15 is 0 Å². The maximum atomic E-state index is 13.0. The average Bonchev–Trinajstić information content (AvgIpc) is 2.38. The van der Waals surface area contributed by atoms with Crippen molar-refractivity contribution in [3.63, 3.8) is 0 Å². The minimum absolute atomic E-state index is 0.0116. The summed E-state index contributed by atoms with van der Waals surface area (Å²) in [5.41, 5.74) is 5.95. The monoisotopic (exact) mass is 281 g/mol. The van der Waals surface area contributed by atoms with Crippen LogP contribution in [-0.4, -0.2) is 41.7 Å². The second-order valence-electron chi connectivity index (χ2n) is 5.35. The van der Waals surface area contributed by atoms with Crippen LogP contribution in [0.25, 0.3) is 0 Å². The van der Waals surface area contributed by atoms with Gasteiger partial charge in [-0.25, -0.2) is 4.39 Å². The van der Waals surface area contributed by atoms with Gasteiger partial charge in [-0.1, -0.05) is 6.92 Å². The van der Waals surface area contributed by atoms with Gasteiger partial charge in [0, 0.05) is 18.8 Å². The van der Waals surface area contributed by atoms with Crippen LogP contribution in [0.1, 0.15) is 13.3 Å². The van der Waals surface area contributed by atoms with E-state index in [0.717, 1.165) is 0 Å². The summed E-state index contributed by atoms with van der Waals surface area (Å²) in [6.45, 7) is 3.62. The Bertz CT molecular complexity index is 495. The highest BCUT2D eigenvalue weighted by molar-refractivity contribution is 5.92. The van der Waals surface area contributed by atoms with Crippen LogP contribution in [0.2, 0.25) is 0 Å². The Morgan fingerprint density at radius 3 is 3.00 bits per heavy atom. The van der Waals surface area contributed by atoms with Gasteiger partial charge in [-0.3, -0.25) is 9.69 Å². The second-order valence-corrected chi connectivity index (χ2v) is 5.35. The van der Waals surface area contributed by atoms with Crippen LogP contribution in [0, 0.1) is 11.7 Å². The SMILES string of the molecule is CC1CN(CC(=O)Nc2ccc(F)c(N)c2)CCC1O. The zero-order chi connectivity index (χ0) is 14.7. The van der Waals surface area contributed by atoms with Crippen molar-refractivity contribution in [2.24, 2.45) is 5.92 Å². The minimum atomic E-state index is -0.498. The maximum Gasteiger partial charge on any atom is 0.238 e. The Hall–Kier alpha value is -1.66. The van der Waals surface area contributed by atoms with E-state index in [1.54, 1.807) is 0 Å². The minimum Gasteiger partial charge on any atom is -0.396 e. The molecule has 2 atom stereocenters. The lowest BCUT2D eigenvalue weighted by atomic mass is 9.97. The number of nitrogens with one attached hydrogen (secondary N) is 1. The molecular weight excluding hydrogens is 261 g/mol. The number of hydrogen-bond donors (Lipinski definition) is 3. The summed E-state index contributed by atoms with van der Waals surface area (Å²) < 4.78 is 13.0. The topological polar surface area (TPSA) is 78.6 Å². The van der Waals surface area contributed by atoms with Crippen LogP contribution in [0.4, 0.5) is 15.8 Å². The third-order valence-corrected chi connectivity index (χ3v) is 3.59. The number of rotatable bonds is 3. The molecule has 2 unspecified atom stereocenters. The molecule has 0 radical (unpaired) electrons. The molecule has 2 rings (SSSR count). The molecule has 1 fully saturated rings. The fraction of sp³-hybridized carbons (Fsp3) is 0.500. The van der Waals surface area contributed by atoms with E-state index in [4.69, 9.17) is 5.73 Å². The summed E-state index contributed by atoms with van der Waals surface area (Å²) >= 11 is 0. The summed E-state index contributed by atoms with van der Waals surface area (Å²) in [6, 6.07) is 4.10. The van der Waals surface area contributed by atoms with Gasteiger partial charge < -0.3 is 16.2 Å². The lowest BCUT2D eigenvalue weighted by molar-refractivity contribution is -0.118. The molecule has 0 spiro atoms. The Kier molecular flexibility index (Phi) is 4.57. The number of nitrogen functional groups attached to an aromatic ring is 1. The first kappa shape index (κ1) is 14.7. The first-order chi connectivity index (χ1) is 9.45. The van der Waals surface area contributed by atoms with E-state index in [1.165, 1.54) is 18.2 Å². The number of aliphatic hydroxyl groups excluding tert-OH is 1. The average molecular weight is 281 g/mol. The van der Waals surface area contributed by atoms with Crippen LogP contribution in [0.15, 0.2) is 18.2 Å². The van der Waals surface area contributed by atoms with Gasteiger partial charge >= 0.3 is 0 Å². The van der Waals surface area contributed by atoms with Gasteiger partial charge in [-0.15, -0.1) is 0 Å². The fourth-order valence-electron chi connectivity index (χ4n) is 2.39. The lowest BCUT2D eigenvalue weighted by Crippen LogP contribution is -2.45. The Morgan fingerprint density at radius 2 is 2.35 bits per heavy atom. The van der Waals surface area contributed by atoms with Gasteiger partial charge in [0.2, 0.25) is 5.91 Å². The van der Waals surface area contributed by atoms with Gasteiger partial charge in [0.1, 0.15) is 5.82 Å². The maximum absolute atomic E-state index is 13.0. The summed E-state index contributed by atoms with van der Waals surface area (Å²) in [7, 11) is 0. The van der Waals surface area contributed by atoms with Crippen molar-refractivity contribution in [2.45, 2.75) is 19.4 Å². The summed E-state index contributed by atoms with van der Waals surface area (Å²) in [5, 5.41) is 12.3. The summed E-state index contributed by atoms with van der Waals surface area (Å²) in [6.07, 6.45) is 0.393. The van der Waals surface area contributed by atoms with E-state index in [1.807, 2.05) is 11.8 Å². The van der Waals surface area contributed by atoms with Crippen molar-refractivity contribution in [1.82, 2.24) is 4.90 Å². The van der Waals surface area contributed by atoms with Crippen LogP contribution < -0.4 is 11.1 Å². The number of benzene rings is 1. The quantitative estimate of drug-likeness (QED) is 0.724. The van der Waals surface area contributed by atoms with E-state index in [9.17, 15) is 14.3 Å². The number of anilines is 2. The third-order valence-electron chi connectivity index (χ3n) is 3.59. The van der Waals surface area contributed by atoms with E-state index in [2.05, 4.69) is 5.32 Å². The summed E-state index contributed by atoms with van der Waals surface area (Å²) in [4.78, 5) is 13.9. The molecule has 5 nitrogen and oxygen atoms in total. The van der Waals surface area contributed by atoms with E-state index in [-0.39, 0.29) is 30.2 Å². The number of hydrogen-bond acceptors (Lipinski definition) is 4. The molecule has 0 aromatic heterocycles. The predicted molar refractivity (Wildman–Crippen MR) is 75.7 cm³/mol. The standard InChI is InChI=1S/C14H20FN3O2/c1-9-7-18(5-4-13(9)19)8-14(20)17-10-2-3-11(15)12(16)6-10/h2-3,6,9,13,19H,4-5,7-8,16H2,1H3,(H,17,20). The van der Waals surface area contributed by atoms with Gasteiger partial charge in [0.25, 0.3) is 0 Å². The molecule has 0 saturated carbocycles. The highest BCUT2D eigenvalue weighted by atomic mass is 19.1. The Labute approximate surface area is 117 Å². The lowest BCUT2D eigenvalue weighted by Gasteiger charge is -2.33. The molecule has 1 aliphatic heterocycles. The number of nitrogens with zero attached hydrogens (tertiary/aromatic N) is 1. The molecule has 1 aromatic rings. The highest BCUT2D eigenvalue weighted by Crippen LogP contribution is 2.18. The first-order valence-electron chi connectivity index (χ1n) is 6.71. The molecule has 1 aliphatic rings. The van der Waals surface area contributed by atoms with E-state index < -0.39 is 5.82 Å². The molecule has 4 N–H and O–H groups in total. The number of halogens is 1. The van der Waals surface area contributed by atoms with Gasteiger partial charge in [-0.2, -0.15) is 0 Å². The zero-order valence-electron chi connectivity index (χ0n) is 11.5. The Balaban J connectivity index is 1.87. The molecule has 1 amide bonds. The molecule has 110 valence electrons. The number of amides is 1. The van der Waals surface area contributed by atoms with Crippen molar-refractivity contribution in [1.29, 1.82) is 0 Å². The number of nitrogens with two attached hydrogens (primary N) is 1. The van der Waals surface area contributed by atoms with Crippen LogP contribution >= 0.6 is 0 Å². The summed E-state index contributed by atoms with van der Waals surface area (Å²) in [5.74, 6) is -0.501. The largest absolute Gasteiger partial charge is 0.396 e. The molecule has 0 aliphatic carbocycles. The molecule has 1 aromatic carbocycles. The third kappa shape index (κ3) is 3.68. The van der Waals surface area contributed by atoms with Crippen molar-refractivity contribution < 1.29 is 14.3 Å². The molecule has 1 saturated heterocycles. The molecule has 20 heavy (non-hydrogen) atoms. The van der Waals surface area contributed by atoms with Crippen molar-refractivity contribution in [2.75, 3.05) is 30.7 Å². The molecule has 6 heteroatoms. The van der Waals surface area contributed by atoms with Crippen LogP contribution in [0.5, 0.6) is 0 Å². The van der Waals surface area contributed by atoms with E-state index in [0.29, 0.717) is 25.2 Å². The molecule has 1 heterocycles. The van der Waals surface area contributed by atoms with Gasteiger partial charge in [-0.05, 0) is 30.5 Å².